The van der Waals surface area contributed by atoms with Crippen LogP contribution in [0.4, 0.5) is 11.4 Å². The van der Waals surface area contributed by atoms with Crippen molar-refractivity contribution in [1.29, 1.82) is 0 Å². The third kappa shape index (κ3) is 3.55. The van der Waals surface area contributed by atoms with E-state index in [0.717, 1.165) is 0 Å². The highest BCUT2D eigenvalue weighted by Crippen LogP contribution is 2.32. The van der Waals surface area contributed by atoms with Crippen molar-refractivity contribution in [2.75, 3.05) is 7.11 Å². The standard InChI is InChI=1S/C14H10BrClN2O4/c1-22-13-3-2-10(6-12(13)18(20)21)17-7-8-4-9(15)5-11(16)14(8)19/h2-7,19H,1H3. The van der Waals surface area contributed by atoms with Crippen LogP contribution in [-0.2, 0) is 0 Å². The summed E-state index contributed by atoms with van der Waals surface area (Å²) < 4.78 is 5.60. The van der Waals surface area contributed by atoms with E-state index >= 15 is 0 Å². The quantitative estimate of drug-likeness (QED) is 0.478. The summed E-state index contributed by atoms with van der Waals surface area (Å²) in [6.45, 7) is 0. The molecule has 0 aromatic heterocycles. The first-order valence-corrected chi connectivity index (χ1v) is 7.14. The van der Waals surface area contributed by atoms with Crippen LogP contribution >= 0.6 is 27.5 Å². The zero-order chi connectivity index (χ0) is 16.3. The van der Waals surface area contributed by atoms with E-state index < -0.39 is 4.92 Å². The van der Waals surface area contributed by atoms with Gasteiger partial charge in [-0.2, -0.15) is 0 Å². The Morgan fingerprint density at radius 3 is 2.77 bits per heavy atom. The molecule has 0 amide bonds. The molecule has 0 heterocycles. The summed E-state index contributed by atoms with van der Waals surface area (Å²) in [4.78, 5) is 14.5. The number of ether oxygens (including phenoxy) is 1. The number of nitro benzene ring substituents is 1. The van der Waals surface area contributed by atoms with Gasteiger partial charge >= 0.3 is 5.69 Å². The minimum atomic E-state index is -0.550. The number of methoxy groups -OCH3 is 1. The van der Waals surface area contributed by atoms with Crippen LogP contribution in [-0.4, -0.2) is 23.4 Å². The Morgan fingerprint density at radius 2 is 2.14 bits per heavy atom. The van der Waals surface area contributed by atoms with Gasteiger partial charge in [0.15, 0.2) is 5.75 Å². The maximum Gasteiger partial charge on any atom is 0.313 e. The minimum Gasteiger partial charge on any atom is -0.506 e. The first-order valence-electron chi connectivity index (χ1n) is 5.97. The van der Waals surface area contributed by atoms with Crippen LogP contribution in [0.25, 0.3) is 0 Å². The molecule has 1 N–H and O–H groups in total. The van der Waals surface area contributed by atoms with Crippen molar-refractivity contribution < 1.29 is 14.8 Å². The molecule has 0 fully saturated rings. The van der Waals surface area contributed by atoms with E-state index in [1.807, 2.05) is 0 Å². The first-order chi connectivity index (χ1) is 10.4. The fourth-order valence-corrected chi connectivity index (χ4v) is 2.56. The zero-order valence-corrected chi connectivity index (χ0v) is 13.6. The summed E-state index contributed by atoms with van der Waals surface area (Å²) in [7, 11) is 1.35. The number of rotatable bonds is 4. The van der Waals surface area contributed by atoms with Crippen LogP contribution in [0.1, 0.15) is 5.56 Å². The number of halogens is 2. The molecule has 0 aliphatic heterocycles. The predicted octanol–water partition coefficient (Wildman–Crippen LogP) is 4.48. The highest BCUT2D eigenvalue weighted by molar-refractivity contribution is 9.10. The van der Waals surface area contributed by atoms with Crippen LogP contribution < -0.4 is 4.74 Å². The van der Waals surface area contributed by atoms with E-state index in [9.17, 15) is 15.2 Å². The van der Waals surface area contributed by atoms with E-state index in [2.05, 4.69) is 20.9 Å². The number of hydrogen-bond acceptors (Lipinski definition) is 5. The molecule has 0 radical (unpaired) electrons. The molecule has 0 bridgehead atoms. The second-order valence-electron chi connectivity index (χ2n) is 4.20. The molecule has 0 atom stereocenters. The zero-order valence-electron chi connectivity index (χ0n) is 11.3. The molecule has 114 valence electrons. The van der Waals surface area contributed by atoms with Gasteiger partial charge < -0.3 is 9.84 Å². The summed E-state index contributed by atoms with van der Waals surface area (Å²) in [5.41, 5.74) is 0.550. The maximum atomic E-state index is 11.0. The second kappa shape index (κ2) is 6.76. The lowest BCUT2D eigenvalue weighted by molar-refractivity contribution is -0.385. The van der Waals surface area contributed by atoms with Crippen molar-refractivity contribution in [2.45, 2.75) is 0 Å². The van der Waals surface area contributed by atoms with Crippen molar-refractivity contribution >= 4 is 45.1 Å². The number of phenols is 1. The molecular formula is C14H10BrClN2O4. The molecule has 2 aromatic rings. The Bertz CT molecular complexity index is 765. The number of nitro groups is 1. The molecular weight excluding hydrogens is 376 g/mol. The molecule has 2 rings (SSSR count). The molecule has 8 heteroatoms. The summed E-state index contributed by atoms with van der Waals surface area (Å²) in [6, 6.07) is 7.48. The Hall–Kier alpha value is -2.12. The fourth-order valence-electron chi connectivity index (χ4n) is 1.73. The Morgan fingerprint density at radius 1 is 1.41 bits per heavy atom. The van der Waals surface area contributed by atoms with Crippen molar-refractivity contribution in [3.8, 4) is 11.5 Å². The molecule has 0 saturated heterocycles. The summed E-state index contributed by atoms with van der Waals surface area (Å²) >= 11 is 9.12. The number of hydrogen-bond donors (Lipinski definition) is 1. The number of benzene rings is 2. The number of nitrogens with zero attached hydrogens (tertiary/aromatic N) is 2. The molecule has 0 aliphatic carbocycles. The Kier molecular flexibility index (Phi) is 4.99. The van der Waals surface area contributed by atoms with E-state index in [0.29, 0.717) is 15.7 Å². The predicted molar refractivity (Wildman–Crippen MR) is 87.7 cm³/mol. The number of phenolic OH excluding ortho intramolecular Hbond substituents is 1. The highest BCUT2D eigenvalue weighted by Gasteiger charge is 2.14. The van der Waals surface area contributed by atoms with Gasteiger partial charge in [0.05, 0.1) is 22.7 Å². The number of aromatic hydroxyl groups is 1. The van der Waals surface area contributed by atoms with E-state index in [-0.39, 0.29) is 22.2 Å². The third-order valence-electron chi connectivity index (χ3n) is 2.77. The maximum absolute atomic E-state index is 11.0. The van der Waals surface area contributed by atoms with Crippen molar-refractivity contribution in [1.82, 2.24) is 0 Å². The highest BCUT2D eigenvalue weighted by atomic mass is 79.9. The lowest BCUT2D eigenvalue weighted by atomic mass is 10.2. The molecule has 0 aliphatic rings. The Labute approximate surface area is 139 Å². The summed E-state index contributed by atoms with van der Waals surface area (Å²) in [6.07, 6.45) is 1.37. The molecule has 0 saturated carbocycles. The van der Waals surface area contributed by atoms with Gasteiger partial charge in [-0.15, -0.1) is 0 Å². The van der Waals surface area contributed by atoms with Gasteiger partial charge in [-0.05, 0) is 24.3 Å². The topological polar surface area (TPSA) is 85.0 Å². The van der Waals surface area contributed by atoms with E-state index in [4.69, 9.17) is 16.3 Å². The monoisotopic (exact) mass is 384 g/mol. The van der Waals surface area contributed by atoms with Crippen LogP contribution in [0.15, 0.2) is 39.8 Å². The van der Waals surface area contributed by atoms with Crippen LogP contribution in [0, 0.1) is 10.1 Å². The van der Waals surface area contributed by atoms with Crippen LogP contribution in [0.3, 0.4) is 0 Å². The average molecular weight is 386 g/mol. The Balaban J connectivity index is 2.39. The van der Waals surface area contributed by atoms with Gasteiger partial charge in [0, 0.05) is 22.3 Å². The molecule has 2 aromatic carbocycles. The van der Waals surface area contributed by atoms with Gasteiger partial charge in [-0.25, -0.2) is 0 Å². The average Bonchev–Trinajstić information content (AvgIpc) is 2.49. The molecule has 0 unspecified atom stereocenters. The van der Waals surface area contributed by atoms with Crippen molar-refractivity contribution in [3.63, 3.8) is 0 Å². The third-order valence-corrected chi connectivity index (χ3v) is 3.52. The molecule has 0 spiro atoms. The smallest absolute Gasteiger partial charge is 0.313 e. The van der Waals surface area contributed by atoms with E-state index in [1.54, 1.807) is 18.2 Å². The van der Waals surface area contributed by atoms with Crippen molar-refractivity contribution in [3.05, 3.63) is 55.5 Å². The van der Waals surface area contributed by atoms with Gasteiger partial charge in [0.2, 0.25) is 0 Å². The summed E-state index contributed by atoms with van der Waals surface area (Å²) in [5.74, 6) is 0.0360. The number of aliphatic imine (C=N–C) groups is 1. The van der Waals surface area contributed by atoms with Gasteiger partial charge in [-0.3, -0.25) is 15.1 Å². The van der Waals surface area contributed by atoms with Gasteiger partial charge in [0.25, 0.3) is 0 Å². The summed E-state index contributed by atoms with van der Waals surface area (Å²) in [5, 5.41) is 21.0. The first kappa shape index (κ1) is 16.3. The van der Waals surface area contributed by atoms with Crippen molar-refractivity contribution in [2.24, 2.45) is 4.99 Å². The SMILES string of the molecule is COc1ccc(N=Cc2cc(Br)cc(Cl)c2O)cc1[N+](=O)[O-]. The van der Waals surface area contributed by atoms with Gasteiger partial charge in [-0.1, -0.05) is 27.5 Å². The van der Waals surface area contributed by atoms with Crippen LogP contribution in [0.5, 0.6) is 11.5 Å². The second-order valence-corrected chi connectivity index (χ2v) is 5.52. The lowest BCUT2D eigenvalue weighted by Gasteiger charge is -2.03. The normalized spacial score (nSPS) is 10.9. The molecule has 6 nitrogen and oxygen atoms in total. The fraction of sp³-hybridized carbons (Fsp3) is 0.0714. The lowest BCUT2D eigenvalue weighted by Crippen LogP contribution is -1.93. The largest absolute Gasteiger partial charge is 0.506 e. The molecule has 22 heavy (non-hydrogen) atoms. The van der Waals surface area contributed by atoms with Gasteiger partial charge in [0.1, 0.15) is 5.75 Å². The minimum absolute atomic E-state index is 0.114. The van der Waals surface area contributed by atoms with E-state index in [1.165, 1.54) is 25.5 Å². The van der Waals surface area contributed by atoms with Crippen LogP contribution in [0.2, 0.25) is 5.02 Å².